The molecule has 6 aromatic carbocycles. The second-order valence-electron chi connectivity index (χ2n) is 12.4. The van der Waals surface area contributed by atoms with Gasteiger partial charge in [0.25, 0.3) is 11.4 Å². The Morgan fingerprint density at radius 1 is 0.500 bits per heavy atom. The van der Waals surface area contributed by atoms with Crippen LogP contribution in [0.1, 0.15) is 11.1 Å². The van der Waals surface area contributed by atoms with Crippen molar-refractivity contribution in [3.8, 4) is 22.6 Å². The van der Waals surface area contributed by atoms with Gasteiger partial charge in [0.05, 0.1) is 35.4 Å². The van der Waals surface area contributed by atoms with Crippen molar-refractivity contribution in [2.24, 2.45) is 10.2 Å². The number of methoxy groups -OCH3 is 2. The third kappa shape index (κ3) is 6.64. The van der Waals surface area contributed by atoms with Crippen molar-refractivity contribution >= 4 is 45.8 Å². The topological polar surface area (TPSA) is 166 Å². The van der Waals surface area contributed by atoms with Crippen molar-refractivity contribution < 1.29 is 19.3 Å². The summed E-state index contributed by atoms with van der Waals surface area (Å²) in [4.78, 5) is 21.9. The highest BCUT2D eigenvalue weighted by molar-refractivity contribution is 6.03. The van der Waals surface area contributed by atoms with E-state index < -0.39 is 9.85 Å². The summed E-state index contributed by atoms with van der Waals surface area (Å²) in [6, 6.07) is 42.9. The first-order valence-electron chi connectivity index (χ1n) is 17.2. The van der Waals surface area contributed by atoms with E-state index in [4.69, 9.17) is 19.7 Å². The maximum Gasteiger partial charge on any atom is 0.269 e. The molecule has 16 heteroatoms. The fourth-order valence-corrected chi connectivity index (χ4v) is 6.20. The number of benzene rings is 6. The van der Waals surface area contributed by atoms with Crippen LogP contribution in [0.4, 0.5) is 34.1 Å². The van der Waals surface area contributed by atoms with Crippen molar-refractivity contribution in [3.63, 3.8) is 0 Å². The Bertz CT molecular complexity index is 2310. The van der Waals surface area contributed by atoms with Crippen LogP contribution < -0.4 is 40.8 Å². The predicted molar refractivity (Wildman–Crippen MR) is 213 cm³/mol. The number of hydrazone groups is 2. The van der Waals surface area contributed by atoms with Crippen LogP contribution in [0.5, 0.6) is 11.5 Å². The van der Waals surface area contributed by atoms with Crippen LogP contribution in [0.3, 0.4) is 0 Å². The van der Waals surface area contributed by atoms with Crippen molar-refractivity contribution in [2.45, 2.75) is 0 Å². The van der Waals surface area contributed by atoms with Crippen LogP contribution >= 0.6 is 0 Å². The summed E-state index contributed by atoms with van der Waals surface area (Å²) in [5.41, 5.74) is 12.3. The zero-order chi connectivity index (χ0) is 38.8. The molecule has 0 radical (unpaired) electrons. The third-order valence-electron chi connectivity index (χ3n) is 9.02. The minimum atomic E-state index is -0.444. The summed E-state index contributed by atoms with van der Waals surface area (Å²) in [5.74, 6) is 2.13. The number of anilines is 4. The maximum atomic E-state index is 11.4. The summed E-state index contributed by atoms with van der Waals surface area (Å²) in [7, 11) is 3.15. The number of nitro groups is 2. The fourth-order valence-electron chi connectivity index (χ4n) is 6.20. The summed E-state index contributed by atoms with van der Waals surface area (Å²) in [6.07, 6.45) is 0. The van der Waals surface area contributed by atoms with Crippen LogP contribution in [0.2, 0.25) is 0 Å². The van der Waals surface area contributed by atoms with Crippen LogP contribution in [0, 0.1) is 20.2 Å². The van der Waals surface area contributed by atoms with E-state index in [1.807, 2.05) is 97.1 Å². The van der Waals surface area contributed by atoms with E-state index >= 15 is 0 Å². The predicted octanol–water partition coefficient (Wildman–Crippen LogP) is 7.40. The molecule has 0 aromatic heterocycles. The molecule has 16 nitrogen and oxygen atoms in total. The Labute approximate surface area is 319 Å². The van der Waals surface area contributed by atoms with Crippen LogP contribution in [0.25, 0.3) is 11.1 Å². The molecule has 0 fully saturated rings. The summed E-state index contributed by atoms with van der Waals surface area (Å²) in [5, 5.41) is 39.2. The van der Waals surface area contributed by atoms with Gasteiger partial charge < -0.3 is 9.47 Å². The smallest absolute Gasteiger partial charge is 0.269 e. The largest absolute Gasteiger partial charge is 0.494 e. The normalized spacial score (nSPS) is 13.5. The van der Waals surface area contributed by atoms with E-state index in [1.54, 1.807) is 59.0 Å². The molecule has 0 amide bonds. The molecule has 0 atom stereocenters. The van der Waals surface area contributed by atoms with Gasteiger partial charge >= 0.3 is 0 Å². The molecule has 56 heavy (non-hydrogen) atoms. The number of amidine groups is 2. The van der Waals surface area contributed by atoms with Crippen molar-refractivity contribution in [2.75, 3.05) is 34.7 Å². The van der Waals surface area contributed by atoms with E-state index in [-0.39, 0.29) is 11.4 Å². The molecule has 2 heterocycles. The monoisotopic (exact) mass is 748 g/mol. The van der Waals surface area contributed by atoms with Gasteiger partial charge in [-0.15, -0.1) is 20.4 Å². The molecule has 6 aromatic rings. The second kappa shape index (κ2) is 14.7. The first-order chi connectivity index (χ1) is 27.3. The Kier molecular flexibility index (Phi) is 9.17. The average molecular weight is 749 g/mol. The summed E-state index contributed by atoms with van der Waals surface area (Å²) in [6.45, 7) is 0. The van der Waals surface area contributed by atoms with Gasteiger partial charge in [0, 0.05) is 35.4 Å². The Morgan fingerprint density at radius 2 is 0.875 bits per heavy atom. The van der Waals surface area contributed by atoms with Crippen molar-refractivity contribution in [1.82, 2.24) is 10.9 Å². The quantitative estimate of drug-likeness (QED) is 0.0997. The number of rotatable bonds is 11. The fraction of sp³-hybridized carbons (Fsp3) is 0.0500. The second-order valence-corrected chi connectivity index (χ2v) is 12.4. The van der Waals surface area contributed by atoms with E-state index in [1.165, 1.54) is 24.3 Å². The number of ether oxygens (including phenoxy) is 2. The molecule has 2 N–H and O–H groups in total. The Balaban J connectivity index is 1.14. The molecule has 0 aliphatic carbocycles. The summed E-state index contributed by atoms with van der Waals surface area (Å²) >= 11 is 0. The van der Waals surface area contributed by atoms with Gasteiger partial charge in [0.15, 0.2) is 11.7 Å². The molecule has 8 rings (SSSR count). The first-order valence-corrected chi connectivity index (χ1v) is 17.2. The zero-order valence-corrected chi connectivity index (χ0v) is 29.9. The highest BCUT2D eigenvalue weighted by Gasteiger charge is 2.31. The van der Waals surface area contributed by atoms with E-state index in [2.05, 4.69) is 10.9 Å². The number of nitrogens with zero attached hydrogens (tertiary/aromatic N) is 8. The number of hydrogen-bond donors (Lipinski definition) is 2. The standard InChI is InChI=1S/C40H32N10O6/c1-55-37-25-29(13-23-35(37)47-43-39(27-9-5-3-6-10-27)41-45(47)31-15-19-33(20-16-31)49(51)52)30-14-24-36(38(26-30)56-2)48-44-40(28-11-7-4-8-12-28)42-46(48)32-17-21-34(22-18-32)50(53)54/h3-26H,1-2H3,(H,41,43)(H,42,44). The molecule has 2 aliphatic heterocycles. The number of nitrogens with one attached hydrogen (secondary N) is 2. The molecule has 0 unspecified atom stereocenters. The van der Waals surface area contributed by atoms with Gasteiger partial charge in [0.2, 0.25) is 0 Å². The van der Waals surface area contributed by atoms with E-state index in [9.17, 15) is 20.2 Å². The third-order valence-corrected chi connectivity index (χ3v) is 9.02. The van der Waals surface area contributed by atoms with Crippen molar-refractivity contribution in [3.05, 3.63) is 177 Å². The van der Waals surface area contributed by atoms with Gasteiger partial charge in [-0.2, -0.15) is 10.2 Å². The highest BCUT2D eigenvalue weighted by atomic mass is 16.6. The van der Waals surface area contributed by atoms with Crippen LogP contribution in [-0.2, 0) is 0 Å². The lowest BCUT2D eigenvalue weighted by atomic mass is 10.0. The number of hydrogen-bond acceptors (Lipinski definition) is 14. The van der Waals surface area contributed by atoms with Gasteiger partial charge in [-0.1, -0.05) is 72.8 Å². The van der Waals surface area contributed by atoms with Gasteiger partial charge in [0.1, 0.15) is 22.9 Å². The average Bonchev–Trinajstić information content (AvgIpc) is 3.90. The number of hydrazine groups is 4. The lowest BCUT2D eigenvalue weighted by molar-refractivity contribution is -0.385. The SMILES string of the molecule is COc1cc(-c2ccc(N3N=C(c4ccccc4)NN3c3ccc([N+](=O)[O-])cc3)c(OC)c2)ccc1N1N=C(c2ccccc2)NN1c1ccc([N+](=O)[O-])cc1. The minimum Gasteiger partial charge on any atom is -0.494 e. The van der Waals surface area contributed by atoms with Gasteiger partial charge in [-0.05, 0) is 59.7 Å². The summed E-state index contributed by atoms with van der Waals surface area (Å²) < 4.78 is 11.9. The Hall–Kier alpha value is -8.14. The highest BCUT2D eigenvalue weighted by Crippen LogP contribution is 2.40. The van der Waals surface area contributed by atoms with Gasteiger partial charge in [-0.25, -0.2) is 0 Å². The zero-order valence-electron chi connectivity index (χ0n) is 29.9. The molecule has 278 valence electrons. The van der Waals surface area contributed by atoms with Crippen molar-refractivity contribution in [1.29, 1.82) is 0 Å². The lowest BCUT2D eigenvalue weighted by Crippen LogP contribution is -2.44. The van der Waals surface area contributed by atoms with E-state index in [0.717, 1.165) is 22.3 Å². The van der Waals surface area contributed by atoms with Crippen LogP contribution in [-0.4, -0.2) is 35.7 Å². The number of non-ortho nitro benzene ring substituents is 2. The number of nitro benzene ring substituents is 2. The van der Waals surface area contributed by atoms with Crippen LogP contribution in [0.15, 0.2) is 156 Å². The maximum absolute atomic E-state index is 11.4. The molecular formula is C40H32N10O6. The molecular weight excluding hydrogens is 717 g/mol. The Morgan fingerprint density at radius 3 is 1.21 bits per heavy atom. The molecule has 2 aliphatic rings. The first kappa shape index (κ1) is 34.9. The molecule has 0 saturated heterocycles. The molecule has 0 saturated carbocycles. The van der Waals surface area contributed by atoms with Gasteiger partial charge in [-0.3, -0.25) is 31.1 Å². The molecule has 0 spiro atoms. The molecule has 0 bridgehead atoms. The minimum absolute atomic E-state index is 0.0319. The lowest BCUT2D eigenvalue weighted by Gasteiger charge is -2.29. The van der Waals surface area contributed by atoms with E-state index in [0.29, 0.717) is 45.9 Å².